The molecule has 0 aromatic heterocycles. The Bertz CT molecular complexity index is 415. The molecule has 0 aromatic carbocycles. The van der Waals surface area contributed by atoms with Crippen LogP contribution in [0, 0.1) is 0 Å². The van der Waals surface area contributed by atoms with Gasteiger partial charge < -0.3 is 24.4 Å². The second-order valence-electron chi connectivity index (χ2n) is 7.98. The van der Waals surface area contributed by atoms with Crippen molar-refractivity contribution in [2.45, 2.75) is 114 Å². The molecule has 0 aliphatic carbocycles. The fourth-order valence-electron chi connectivity index (χ4n) is 3.56. The van der Waals surface area contributed by atoms with Crippen LogP contribution in [0.15, 0.2) is 0 Å². The number of ether oxygens (including phenoxy) is 3. The van der Waals surface area contributed by atoms with Crippen LogP contribution in [0.1, 0.15) is 84.0 Å². The second-order valence-corrected chi connectivity index (χ2v) is 7.98. The summed E-state index contributed by atoms with van der Waals surface area (Å²) in [5.74, 6) is -0.299. The number of carbonyl (C=O) groups is 1. The molecule has 2 aliphatic heterocycles. The highest BCUT2D eigenvalue weighted by molar-refractivity contribution is 5.69. The van der Waals surface area contributed by atoms with Crippen LogP contribution in [-0.4, -0.2) is 59.9 Å². The molecule has 2 rings (SSSR count). The van der Waals surface area contributed by atoms with Gasteiger partial charge >= 0.3 is 5.97 Å². The maximum Gasteiger partial charge on any atom is 0.305 e. The van der Waals surface area contributed by atoms with Gasteiger partial charge in [0.2, 0.25) is 0 Å². The number of carbonyl (C=O) groups excluding carboxylic acids is 1. The smallest absolute Gasteiger partial charge is 0.305 e. The third kappa shape index (κ3) is 9.88. The molecule has 0 spiro atoms. The quantitative estimate of drug-likeness (QED) is 0.227. The van der Waals surface area contributed by atoms with Gasteiger partial charge in [0.15, 0.2) is 0 Å². The van der Waals surface area contributed by atoms with Crippen molar-refractivity contribution in [3.63, 3.8) is 0 Å². The summed E-state index contributed by atoms with van der Waals surface area (Å²) in [5, 5.41) is 17.8. The van der Waals surface area contributed by atoms with E-state index in [1.54, 1.807) is 0 Å². The summed E-state index contributed by atoms with van der Waals surface area (Å²) >= 11 is 0. The highest BCUT2D eigenvalue weighted by Gasteiger charge is 2.47. The Morgan fingerprint density at radius 3 is 2.15 bits per heavy atom. The van der Waals surface area contributed by atoms with Crippen molar-refractivity contribution >= 4 is 5.97 Å². The maximum absolute atomic E-state index is 11.4. The predicted octanol–water partition coefficient (Wildman–Crippen LogP) is 3.12. The molecule has 0 amide bonds. The van der Waals surface area contributed by atoms with Gasteiger partial charge in [0, 0.05) is 12.8 Å². The zero-order valence-electron chi connectivity index (χ0n) is 16.8. The number of aliphatic hydroxyl groups is 2. The van der Waals surface area contributed by atoms with Crippen LogP contribution in [0.5, 0.6) is 0 Å². The number of unbranched alkanes of at least 4 members (excludes halogenated alkanes) is 6. The topological polar surface area (TPSA) is 91.8 Å². The van der Waals surface area contributed by atoms with E-state index in [2.05, 4.69) is 6.92 Å². The van der Waals surface area contributed by atoms with Gasteiger partial charge in [0.05, 0.1) is 31.0 Å². The molecular weight excluding hydrogens is 348 g/mol. The van der Waals surface area contributed by atoms with E-state index < -0.39 is 6.10 Å². The minimum absolute atomic E-state index is 0.122. The number of hydrogen-bond donors (Lipinski definition) is 2. The van der Waals surface area contributed by atoms with Gasteiger partial charge in [-0.1, -0.05) is 51.9 Å². The highest BCUT2D eigenvalue weighted by atomic mass is 16.6. The first kappa shape index (κ1) is 22.6. The number of hydrogen-bond acceptors (Lipinski definition) is 6. The molecule has 2 saturated heterocycles. The minimum atomic E-state index is -0.971. The van der Waals surface area contributed by atoms with E-state index in [1.165, 1.54) is 38.5 Å². The van der Waals surface area contributed by atoms with Gasteiger partial charge in [-0.3, -0.25) is 4.79 Å². The summed E-state index contributed by atoms with van der Waals surface area (Å²) in [6, 6.07) is 0. The van der Waals surface area contributed by atoms with Crippen molar-refractivity contribution in [1.82, 2.24) is 0 Å². The number of rotatable bonds is 17. The second kappa shape index (κ2) is 12.7. The van der Waals surface area contributed by atoms with Crippen LogP contribution in [0.4, 0.5) is 0 Å². The highest BCUT2D eigenvalue weighted by Crippen LogP contribution is 2.39. The minimum Gasteiger partial charge on any atom is -0.463 e. The Balaban J connectivity index is 1.33. The monoisotopic (exact) mass is 386 g/mol. The fraction of sp³-hybridized carbons (Fsp3) is 0.952. The lowest BCUT2D eigenvalue weighted by Crippen LogP contribution is -2.21. The molecule has 158 valence electrons. The summed E-state index contributed by atoms with van der Waals surface area (Å²) in [6.07, 6.45) is 13.8. The Morgan fingerprint density at radius 2 is 1.52 bits per heavy atom. The summed E-state index contributed by atoms with van der Waals surface area (Å²) in [6.45, 7) is 1.73. The normalized spacial score (nSPS) is 27.4. The van der Waals surface area contributed by atoms with E-state index in [4.69, 9.17) is 24.4 Å². The molecule has 0 radical (unpaired) electrons. The number of epoxide rings is 2. The number of esters is 1. The van der Waals surface area contributed by atoms with Gasteiger partial charge in [-0.15, -0.1) is 0 Å². The predicted molar refractivity (Wildman–Crippen MR) is 102 cm³/mol. The molecule has 2 N–H and O–H groups in total. The van der Waals surface area contributed by atoms with Gasteiger partial charge in [0.25, 0.3) is 0 Å². The maximum atomic E-state index is 11.4. The SMILES string of the molecule is CCCCCC1OC1CC1OC1CCCCCCCC(=O)OCC(O)CO. The molecule has 0 aromatic rings. The summed E-state index contributed by atoms with van der Waals surface area (Å²) in [4.78, 5) is 11.4. The first-order chi connectivity index (χ1) is 13.1. The van der Waals surface area contributed by atoms with Crippen molar-refractivity contribution < 1.29 is 29.2 Å². The van der Waals surface area contributed by atoms with Crippen molar-refractivity contribution in [3.05, 3.63) is 0 Å². The molecule has 5 unspecified atom stereocenters. The Hall–Kier alpha value is -0.690. The van der Waals surface area contributed by atoms with E-state index in [0.717, 1.165) is 32.1 Å². The van der Waals surface area contributed by atoms with Crippen molar-refractivity contribution in [2.75, 3.05) is 13.2 Å². The molecule has 2 aliphatic rings. The molecule has 2 fully saturated rings. The van der Waals surface area contributed by atoms with E-state index in [0.29, 0.717) is 30.8 Å². The first-order valence-electron chi connectivity index (χ1n) is 10.9. The van der Waals surface area contributed by atoms with Gasteiger partial charge in [-0.25, -0.2) is 0 Å². The zero-order valence-corrected chi connectivity index (χ0v) is 16.8. The lowest BCUT2D eigenvalue weighted by atomic mass is 10.0. The van der Waals surface area contributed by atoms with E-state index in [-0.39, 0.29) is 19.2 Å². The molecule has 27 heavy (non-hydrogen) atoms. The van der Waals surface area contributed by atoms with Gasteiger partial charge in [0.1, 0.15) is 12.7 Å². The van der Waals surface area contributed by atoms with Crippen LogP contribution in [0.2, 0.25) is 0 Å². The van der Waals surface area contributed by atoms with Crippen LogP contribution in [0.3, 0.4) is 0 Å². The van der Waals surface area contributed by atoms with Crippen molar-refractivity contribution in [3.8, 4) is 0 Å². The van der Waals surface area contributed by atoms with Crippen LogP contribution < -0.4 is 0 Å². The summed E-state index contributed by atoms with van der Waals surface area (Å²) in [7, 11) is 0. The third-order valence-electron chi connectivity index (χ3n) is 5.45. The Kier molecular flexibility index (Phi) is 10.6. The average Bonchev–Trinajstić information content (AvgIpc) is 3.58. The largest absolute Gasteiger partial charge is 0.463 e. The van der Waals surface area contributed by atoms with Crippen LogP contribution in [0.25, 0.3) is 0 Å². The zero-order chi connectivity index (χ0) is 19.5. The molecule has 6 nitrogen and oxygen atoms in total. The van der Waals surface area contributed by atoms with Crippen LogP contribution in [-0.2, 0) is 19.0 Å². The molecule has 2 heterocycles. The van der Waals surface area contributed by atoms with Gasteiger partial charge in [-0.05, 0) is 19.3 Å². The van der Waals surface area contributed by atoms with E-state index in [9.17, 15) is 4.79 Å². The summed E-state index contributed by atoms with van der Waals surface area (Å²) in [5.41, 5.74) is 0. The first-order valence-corrected chi connectivity index (χ1v) is 10.9. The van der Waals surface area contributed by atoms with Gasteiger partial charge in [-0.2, -0.15) is 0 Å². The van der Waals surface area contributed by atoms with E-state index in [1.807, 2.05) is 0 Å². The fourth-order valence-corrected chi connectivity index (χ4v) is 3.56. The standard InChI is InChI=1S/C21H38O6/c1-2-3-7-10-17-19(26-17)13-20-18(27-20)11-8-5-4-6-9-12-21(24)25-15-16(23)14-22/h16-20,22-23H,2-15H2,1H3. The Labute approximate surface area is 163 Å². The molecule has 0 saturated carbocycles. The van der Waals surface area contributed by atoms with Crippen molar-refractivity contribution in [2.24, 2.45) is 0 Å². The van der Waals surface area contributed by atoms with Crippen LogP contribution >= 0.6 is 0 Å². The van der Waals surface area contributed by atoms with E-state index >= 15 is 0 Å². The molecular formula is C21H38O6. The number of aliphatic hydroxyl groups excluding tert-OH is 2. The third-order valence-corrected chi connectivity index (χ3v) is 5.45. The van der Waals surface area contributed by atoms with Crippen molar-refractivity contribution in [1.29, 1.82) is 0 Å². The Morgan fingerprint density at radius 1 is 0.926 bits per heavy atom. The molecule has 0 bridgehead atoms. The lowest BCUT2D eigenvalue weighted by Gasteiger charge is -2.08. The lowest BCUT2D eigenvalue weighted by molar-refractivity contribution is -0.147. The molecule has 6 heteroatoms. The molecule has 5 atom stereocenters. The summed E-state index contributed by atoms with van der Waals surface area (Å²) < 4.78 is 16.4. The average molecular weight is 387 g/mol.